The summed E-state index contributed by atoms with van der Waals surface area (Å²) >= 11 is 1.24. The number of nitrogens with zero attached hydrogens (tertiary/aromatic N) is 3. The molecule has 1 saturated heterocycles. The highest BCUT2D eigenvalue weighted by Gasteiger charge is 2.13. The molecular weight excluding hydrogens is 372 g/mol. The van der Waals surface area contributed by atoms with Gasteiger partial charge < -0.3 is 14.6 Å². The lowest BCUT2D eigenvalue weighted by molar-refractivity contribution is -0.113. The Labute approximate surface area is 168 Å². The third kappa shape index (κ3) is 4.92. The lowest BCUT2D eigenvalue weighted by atomic mass is 10.2. The number of thioether (sulfide) groups is 1. The van der Waals surface area contributed by atoms with Crippen LogP contribution in [-0.2, 0) is 11.2 Å². The molecule has 0 radical (unpaired) electrons. The van der Waals surface area contributed by atoms with Crippen molar-refractivity contribution in [2.45, 2.75) is 24.5 Å². The number of hydrogen-bond donors (Lipinski definition) is 1. The average Bonchev–Trinajstić information content (AvgIpc) is 3.40. The molecule has 0 saturated carbocycles. The number of rotatable bonds is 7. The minimum Gasteiger partial charge on any atom is -0.416 e. The molecule has 1 amide bonds. The van der Waals surface area contributed by atoms with Crippen molar-refractivity contribution in [1.29, 1.82) is 0 Å². The molecule has 3 aromatic rings. The molecule has 0 unspecified atom stereocenters. The summed E-state index contributed by atoms with van der Waals surface area (Å²) in [6.45, 7) is 2.22. The third-order valence-electron chi connectivity index (χ3n) is 4.60. The number of carbonyl (C=O) groups is 1. The topological polar surface area (TPSA) is 71.3 Å². The van der Waals surface area contributed by atoms with Crippen molar-refractivity contribution < 1.29 is 9.21 Å². The van der Waals surface area contributed by atoms with Crippen LogP contribution in [0, 0.1) is 0 Å². The van der Waals surface area contributed by atoms with Gasteiger partial charge in [-0.25, -0.2) is 0 Å². The van der Waals surface area contributed by atoms with E-state index in [1.807, 2.05) is 42.5 Å². The fourth-order valence-electron chi connectivity index (χ4n) is 3.19. The predicted molar refractivity (Wildman–Crippen MR) is 111 cm³/mol. The largest absolute Gasteiger partial charge is 0.416 e. The van der Waals surface area contributed by atoms with Crippen LogP contribution in [0.25, 0.3) is 0 Å². The first-order valence-electron chi connectivity index (χ1n) is 9.40. The van der Waals surface area contributed by atoms with E-state index in [4.69, 9.17) is 4.42 Å². The van der Waals surface area contributed by atoms with E-state index in [2.05, 4.69) is 32.5 Å². The van der Waals surface area contributed by atoms with Gasteiger partial charge in [-0.15, -0.1) is 10.2 Å². The van der Waals surface area contributed by atoms with Gasteiger partial charge in [0.1, 0.15) is 0 Å². The maximum Gasteiger partial charge on any atom is 0.277 e. The van der Waals surface area contributed by atoms with Gasteiger partial charge in [-0.1, -0.05) is 42.1 Å². The molecule has 2 aromatic carbocycles. The van der Waals surface area contributed by atoms with E-state index in [9.17, 15) is 4.79 Å². The van der Waals surface area contributed by atoms with Crippen molar-refractivity contribution >= 4 is 29.0 Å². The quantitative estimate of drug-likeness (QED) is 0.611. The van der Waals surface area contributed by atoms with Gasteiger partial charge in [0.2, 0.25) is 11.8 Å². The van der Waals surface area contributed by atoms with Gasteiger partial charge in [0, 0.05) is 24.5 Å². The van der Waals surface area contributed by atoms with Crippen LogP contribution in [0.1, 0.15) is 24.3 Å². The summed E-state index contributed by atoms with van der Waals surface area (Å²) in [4.78, 5) is 14.6. The van der Waals surface area contributed by atoms with E-state index in [0.717, 1.165) is 24.3 Å². The van der Waals surface area contributed by atoms with Crippen molar-refractivity contribution in [3.05, 3.63) is 66.1 Å². The molecule has 0 bridgehead atoms. The molecule has 1 aliphatic rings. The lowest BCUT2D eigenvalue weighted by Gasteiger charge is -2.17. The number of hydrogen-bond acceptors (Lipinski definition) is 6. The first kappa shape index (κ1) is 18.6. The van der Waals surface area contributed by atoms with Gasteiger partial charge >= 0.3 is 0 Å². The van der Waals surface area contributed by atoms with Gasteiger partial charge in [-0.3, -0.25) is 4.79 Å². The average molecular weight is 395 g/mol. The molecule has 0 atom stereocenters. The van der Waals surface area contributed by atoms with Crippen LogP contribution in [0.15, 0.2) is 64.2 Å². The van der Waals surface area contributed by atoms with Crippen LogP contribution in [0.4, 0.5) is 11.4 Å². The Balaban J connectivity index is 1.25. The molecule has 1 fully saturated rings. The molecular formula is C21H22N4O2S. The summed E-state index contributed by atoms with van der Waals surface area (Å²) in [6, 6.07) is 18.0. The lowest BCUT2D eigenvalue weighted by Crippen LogP contribution is -2.18. The van der Waals surface area contributed by atoms with Crippen molar-refractivity contribution in [2.75, 3.05) is 29.1 Å². The van der Waals surface area contributed by atoms with Gasteiger partial charge in [-0.2, -0.15) is 0 Å². The van der Waals surface area contributed by atoms with E-state index in [0.29, 0.717) is 17.5 Å². The Kier molecular flexibility index (Phi) is 5.92. The number of aromatic nitrogens is 2. The normalized spacial score (nSPS) is 13.6. The van der Waals surface area contributed by atoms with Crippen molar-refractivity contribution in [1.82, 2.24) is 10.2 Å². The standard InChI is InChI=1S/C21H22N4O2S/c26-19(22-17-8-10-18(11-9-17)25-12-4-5-13-25)15-28-21-24-23-20(27-21)14-16-6-2-1-3-7-16/h1-3,6-11H,4-5,12-15H2,(H,22,26). The van der Waals surface area contributed by atoms with Crippen molar-refractivity contribution in [2.24, 2.45) is 0 Å². The molecule has 1 aromatic heterocycles. The fraction of sp³-hybridized carbons (Fsp3) is 0.286. The molecule has 0 aliphatic carbocycles. The Morgan fingerprint density at radius 2 is 1.79 bits per heavy atom. The molecule has 1 N–H and O–H groups in total. The minimum absolute atomic E-state index is 0.0956. The second-order valence-corrected chi connectivity index (χ2v) is 7.63. The molecule has 1 aliphatic heterocycles. The smallest absolute Gasteiger partial charge is 0.277 e. The van der Waals surface area contributed by atoms with Crippen LogP contribution >= 0.6 is 11.8 Å². The zero-order valence-electron chi connectivity index (χ0n) is 15.5. The number of nitrogens with one attached hydrogen (secondary N) is 1. The molecule has 6 nitrogen and oxygen atoms in total. The summed E-state index contributed by atoms with van der Waals surface area (Å²) in [7, 11) is 0. The number of carbonyl (C=O) groups excluding carboxylic acids is 1. The first-order valence-corrected chi connectivity index (χ1v) is 10.4. The Bertz CT molecular complexity index is 906. The summed E-state index contributed by atoms with van der Waals surface area (Å²) in [5.41, 5.74) is 3.11. The molecule has 2 heterocycles. The molecule has 28 heavy (non-hydrogen) atoms. The second kappa shape index (κ2) is 8.93. The van der Waals surface area contributed by atoms with Crippen LogP contribution in [0.2, 0.25) is 0 Å². The highest BCUT2D eigenvalue weighted by Crippen LogP contribution is 2.23. The van der Waals surface area contributed by atoms with Gasteiger partial charge in [0.05, 0.1) is 12.2 Å². The number of benzene rings is 2. The van der Waals surface area contributed by atoms with Gasteiger partial charge in [0.25, 0.3) is 5.22 Å². The van der Waals surface area contributed by atoms with E-state index in [1.54, 1.807) is 0 Å². The Morgan fingerprint density at radius 3 is 2.54 bits per heavy atom. The zero-order chi connectivity index (χ0) is 19.2. The molecule has 7 heteroatoms. The van der Waals surface area contributed by atoms with Crippen LogP contribution < -0.4 is 10.2 Å². The van der Waals surface area contributed by atoms with E-state index in [1.165, 1.54) is 30.3 Å². The molecule has 4 rings (SSSR count). The van der Waals surface area contributed by atoms with Crippen LogP contribution in [0.3, 0.4) is 0 Å². The molecule has 0 spiro atoms. The predicted octanol–water partition coefficient (Wildman–Crippen LogP) is 3.99. The van der Waals surface area contributed by atoms with Crippen molar-refractivity contribution in [3.8, 4) is 0 Å². The minimum atomic E-state index is -0.0956. The zero-order valence-corrected chi connectivity index (χ0v) is 16.3. The van der Waals surface area contributed by atoms with Gasteiger partial charge in [-0.05, 0) is 42.7 Å². The molecule has 144 valence electrons. The number of amides is 1. The Morgan fingerprint density at radius 1 is 1.04 bits per heavy atom. The van der Waals surface area contributed by atoms with Gasteiger partial charge in [0.15, 0.2) is 0 Å². The van der Waals surface area contributed by atoms with E-state index < -0.39 is 0 Å². The van der Waals surface area contributed by atoms with E-state index >= 15 is 0 Å². The summed E-state index contributed by atoms with van der Waals surface area (Å²) in [6.07, 6.45) is 3.08. The third-order valence-corrected chi connectivity index (χ3v) is 5.41. The van der Waals surface area contributed by atoms with Crippen LogP contribution in [0.5, 0.6) is 0 Å². The fourth-order valence-corrected chi connectivity index (χ4v) is 3.77. The maximum atomic E-state index is 12.2. The highest BCUT2D eigenvalue weighted by molar-refractivity contribution is 7.99. The highest BCUT2D eigenvalue weighted by atomic mass is 32.2. The SMILES string of the molecule is O=C(CSc1nnc(Cc2ccccc2)o1)Nc1ccc(N2CCCC2)cc1. The van der Waals surface area contributed by atoms with E-state index in [-0.39, 0.29) is 11.7 Å². The van der Waals surface area contributed by atoms with Crippen LogP contribution in [-0.4, -0.2) is 34.9 Å². The first-order chi connectivity index (χ1) is 13.8. The second-order valence-electron chi connectivity index (χ2n) is 6.70. The summed E-state index contributed by atoms with van der Waals surface area (Å²) in [5, 5.41) is 11.4. The van der Waals surface area contributed by atoms with Crippen molar-refractivity contribution in [3.63, 3.8) is 0 Å². The summed E-state index contributed by atoms with van der Waals surface area (Å²) < 4.78 is 5.62. The Hall–Kier alpha value is -2.80. The summed E-state index contributed by atoms with van der Waals surface area (Å²) in [5.74, 6) is 0.675. The number of anilines is 2. The maximum absolute atomic E-state index is 12.2. The monoisotopic (exact) mass is 394 g/mol.